The van der Waals surface area contributed by atoms with Crippen LogP contribution in [-0.2, 0) is 0 Å². The van der Waals surface area contributed by atoms with E-state index < -0.39 is 0 Å². The summed E-state index contributed by atoms with van der Waals surface area (Å²) >= 11 is 11.7. The lowest BCUT2D eigenvalue weighted by molar-refractivity contribution is 0.415. The smallest absolute Gasteiger partial charge is 0.153 e. The number of hydrogen-bond acceptors (Lipinski definition) is 3. The average molecular weight is 255 g/mol. The summed E-state index contributed by atoms with van der Waals surface area (Å²) in [4.78, 5) is 0. The summed E-state index contributed by atoms with van der Waals surface area (Å²) in [5.41, 5.74) is 1.48. The molecular weight excluding hydrogens is 247 g/mol. The van der Waals surface area contributed by atoms with Crippen LogP contribution in [0.25, 0.3) is 11.3 Å². The van der Waals surface area contributed by atoms with Gasteiger partial charge in [0.25, 0.3) is 0 Å². The number of ether oxygens (including phenoxy) is 1. The van der Waals surface area contributed by atoms with Crippen LogP contribution in [0.1, 0.15) is 0 Å². The largest absolute Gasteiger partial charge is 0.497 e. The Balaban J connectivity index is 2.42. The minimum Gasteiger partial charge on any atom is -0.497 e. The molecule has 0 unspecified atom stereocenters. The topological polar surface area (TPSA) is 35.0 Å². The van der Waals surface area contributed by atoms with Crippen molar-refractivity contribution in [2.45, 2.75) is 0 Å². The highest BCUT2D eigenvalue weighted by molar-refractivity contribution is 6.35. The van der Waals surface area contributed by atoms with Gasteiger partial charge in [-0.25, -0.2) is 0 Å². The lowest BCUT2D eigenvalue weighted by atomic mass is 10.1. The first-order valence-electron chi connectivity index (χ1n) is 4.54. The molecule has 82 valence electrons. The third kappa shape index (κ3) is 2.26. The highest BCUT2D eigenvalue weighted by Crippen LogP contribution is 2.27. The maximum Gasteiger partial charge on any atom is 0.153 e. The molecule has 0 saturated heterocycles. The molecule has 0 spiro atoms. The normalized spacial score (nSPS) is 10.2. The standard InChI is InChI=1S/C11H8Cl2N2O/c1-16-8-4-2-7(3-5-8)11-9(12)6-10(13)14-15-11/h2-6H,1H3. The Kier molecular flexibility index (Phi) is 3.27. The van der Waals surface area contributed by atoms with Gasteiger partial charge < -0.3 is 4.74 Å². The monoisotopic (exact) mass is 254 g/mol. The van der Waals surface area contributed by atoms with Crippen LogP contribution in [0, 0.1) is 0 Å². The zero-order valence-electron chi connectivity index (χ0n) is 8.45. The van der Waals surface area contributed by atoms with E-state index >= 15 is 0 Å². The van der Waals surface area contributed by atoms with E-state index in [1.54, 1.807) is 13.2 Å². The van der Waals surface area contributed by atoms with Crippen molar-refractivity contribution in [2.24, 2.45) is 0 Å². The van der Waals surface area contributed by atoms with E-state index in [4.69, 9.17) is 27.9 Å². The Hall–Kier alpha value is -1.32. The summed E-state index contributed by atoms with van der Waals surface area (Å²) in [6, 6.07) is 8.96. The second kappa shape index (κ2) is 4.68. The first-order chi connectivity index (χ1) is 7.70. The quantitative estimate of drug-likeness (QED) is 0.824. The number of hydrogen-bond donors (Lipinski definition) is 0. The van der Waals surface area contributed by atoms with Crippen LogP contribution in [0.4, 0.5) is 0 Å². The maximum absolute atomic E-state index is 6.02. The third-order valence-corrected chi connectivity index (χ3v) is 2.55. The first-order valence-corrected chi connectivity index (χ1v) is 5.29. The van der Waals surface area contributed by atoms with Crippen LogP contribution in [0.5, 0.6) is 5.75 Å². The number of methoxy groups -OCH3 is 1. The van der Waals surface area contributed by atoms with Gasteiger partial charge in [0.15, 0.2) is 5.15 Å². The molecule has 0 aliphatic rings. The fraction of sp³-hybridized carbons (Fsp3) is 0.0909. The van der Waals surface area contributed by atoms with E-state index in [0.717, 1.165) is 11.3 Å². The minimum atomic E-state index is 0.280. The van der Waals surface area contributed by atoms with Crippen LogP contribution < -0.4 is 4.74 Å². The molecule has 0 fully saturated rings. The second-order valence-corrected chi connectivity index (χ2v) is 3.89. The van der Waals surface area contributed by atoms with Crippen molar-refractivity contribution in [1.29, 1.82) is 0 Å². The van der Waals surface area contributed by atoms with Gasteiger partial charge in [-0.2, -0.15) is 0 Å². The van der Waals surface area contributed by atoms with Crippen LogP contribution >= 0.6 is 23.2 Å². The summed E-state index contributed by atoms with van der Waals surface area (Å²) in [7, 11) is 1.62. The fourth-order valence-electron chi connectivity index (χ4n) is 1.29. The van der Waals surface area contributed by atoms with Gasteiger partial charge in [0.2, 0.25) is 0 Å². The molecule has 0 atom stereocenters. The summed E-state index contributed by atoms with van der Waals surface area (Å²) in [6.07, 6.45) is 0. The van der Waals surface area contributed by atoms with Gasteiger partial charge in [-0.05, 0) is 30.3 Å². The summed E-state index contributed by atoms with van der Waals surface area (Å²) in [5.74, 6) is 0.779. The third-order valence-electron chi connectivity index (χ3n) is 2.08. The van der Waals surface area contributed by atoms with Crippen molar-refractivity contribution in [1.82, 2.24) is 10.2 Å². The predicted molar refractivity (Wildman–Crippen MR) is 64.0 cm³/mol. The molecule has 16 heavy (non-hydrogen) atoms. The Morgan fingerprint density at radius 3 is 2.31 bits per heavy atom. The summed E-state index contributed by atoms with van der Waals surface area (Å²) in [6.45, 7) is 0. The second-order valence-electron chi connectivity index (χ2n) is 3.09. The van der Waals surface area contributed by atoms with Gasteiger partial charge in [-0.3, -0.25) is 0 Å². The van der Waals surface area contributed by atoms with E-state index in [9.17, 15) is 0 Å². The molecule has 0 aliphatic heterocycles. The highest BCUT2D eigenvalue weighted by atomic mass is 35.5. The number of benzene rings is 1. The zero-order valence-corrected chi connectivity index (χ0v) is 9.96. The van der Waals surface area contributed by atoms with Crippen LogP contribution in [-0.4, -0.2) is 17.3 Å². The van der Waals surface area contributed by atoms with Gasteiger partial charge in [0.05, 0.1) is 12.1 Å². The van der Waals surface area contributed by atoms with Crippen molar-refractivity contribution >= 4 is 23.2 Å². The number of aromatic nitrogens is 2. The SMILES string of the molecule is COc1ccc(-c2nnc(Cl)cc2Cl)cc1. The molecule has 1 aromatic carbocycles. The lowest BCUT2D eigenvalue weighted by Gasteiger charge is -2.04. The summed E-state index contributed by atoms with van der Waals surface area (Å²) < 4.78 is 5.06. The number of halogens is 2. The van der Waals surface area contributed by atoms with E-state index in [0.29, 0.717) is 10.7 Å². The van der Waals surface area contributed by atoms with Crippen molar-refractivity contribution in [2.75, 3.05) is 7.11 Å². The van der Waals surface area contributed by atoms with Crippen LogP contribution in [0.15, 0.2) is 30.3 Å². The van der Waals surface area contributed by atoms with Gasteiger partial charge >= 0.3 is 0 Å². The van der Waals surface area contributed by atoms with Gasteiger partial charge in [0, 0.05) is 5.56 Å². The molecule has 1 aromatic heterocycles. The number of nitrogens with zero attached hydrogens (tertiary/aromatic N) is 2. The van der Waals surface area contributed by atoms with Gasteiger partial charge in [0.1, 0.15) is 11.4 Å². The van der Waals surface area contributed by atoms with E-state index in [1.807, 2.05) is 24.3 Å². The summed E-state index contributed by atoms with van der Waals surface area (Å²) in [5, 5.41) is 8.46. The fourth-order valence-corrected chi connectivity index (χ4v) is 1.74. The van der Waals surface area contributed by atoms with E-state index in [1.165, 1.54) is 0 Å². The molecule has 2 aromatic rings. The Morgan fingerprint density at radius 1 is 1.06 bits per heavy atom. The molecule has 0 aliphatic carbocycles. The molecule has 0 radical (unpaired) electrons. The van der Waals surface area contributed by atoms with Crippen molar-refractivity contribution in [3.63, 3.8) is 0 Å². The lowest BCUT2D eigenvalue weighted by Crippen LogP contribution is -1.90. The minimum absolute atomic E-state index is 0.280. The molecule has 5 heteroatoms. The van der Waals surface area contributed by atoms with Crippen molar-refractivity contribution < 1.29 is 4.74 Å². The molecule has 3 nitrogen and oxygen atoms in total. The molecular formula is C11H8Cl2N2O. The molecule has 0 bridgehead atoms. The first kappa shape index (κ1) is 11.2. The van der Waals surface area contributed by atoms with Crippen molar-refractivity contribution in [3.05, 3.63) is 40.5 Å². The van der Waals surface area contributed by atoms with E-state index in [-0.39, 0.29) is 5.15 Å². The molecule has 0 saturated carbocycles. The van der Waals surface area contributed by atoms with Crippen LogP contribution in [0.3, 0.4) is 0 Å². The number of rotatable bonds is 2. The Bertz CT molecular complexity index is 500. The molecule has 0 N–H and O–H groups in total. The Labute approximate surface area is 103 Å². The molecule has 0 amide bonds. The van der Waals surface area contributed by atoms with Crippen LogP contribution in [0.2, 0.25) is 10.2 Å². The maximum atomic E-state index is 6.02. The van der Waals surface area contributed by atoms with Gasteiger partial charge in [-0.1, -0.05) is 23.2 Å². The Morgan fingerprint density at radius 2 is 1.75 bits per heavy atom. The van der Waals surface area contributed by atoms with E-state index in [2.05, 4.69) is 10.2 Å². The van der Waals surface area contributed by atoms with Gasteiger partial charge in [-0.15, -0.1) is 10.2 Å². The predicted octanol–water partition coefficient (Wildman–Crippen LogP) is 3.46. The zero-order chi connectivity index (χ0) is 11.5. The van der Waals surface area contributed by atoms with Crippen molar-refractivity contribution in [3.8, 4) is 17.0 Å². The molecule has 2 rings (SSSR count). The molecule has 1 heterocycles. The average Bonchev–Trinajstić information content (AvgIpc) is 2.29. The highest BCUT2D eigenvalue weighted by Gasteiger charge is 2.07.